The van der Waals surface area contributed by atoms with Crippen LogP contribution in [0, 0.1) is 0 Å². The number of para-hydroxylation sites is 1. The summed E-state index contributed by atoms with van der Waals surface area (Å²) in [6.45, 7) is 2.22. The summed E-state index contributed by atoms with van der Waals surface area (Å²) in [7, 11) is 2.04. The predicted molar refractivity (Wildman–Crippen MR) is 111 cm³/mol. The van der Waals surface area contributed by atoms with Gasteiger partial charge in [-0.1, -0.05) is 18.2 Å². The smallest absolute Gasteiger partial charge is 0.257 e. The molecule has 1 saturated heterocycles. The second-order valence-corrected chi connectivity index (χ2v) is 6.89. The van der Waals surface area contributed by atoms with Gasteiger partial charge in [0.15, 0.2) is 6.61 Å². The summed E-state index contributed by atoms with van der Waals surface area (Å²) in [5, 5.41) is 2.88. The first-order valence-electron chi connectivity index (χ1n) is 9.69. The van der Waals surface area contributed by atoms with E-state index in [1.807, 2.05) is 37.4 Å². The third-order valence-corrected chi connectivity index (χ3v) is 4.78. The van der Waals surface area contributed by atoms with E-state index in [2.05, 4.69) is 22.3 Å². The molecule has 148 valence electrons. The lowest BCUT2D eigenvalue weighted by molar-refractivity contribution is -0.123. The van der Waals surface area contributed by atoms with E-state index in [0.717, 1.165) is 37.3 Å². The lowest BCUT2D eigenvalue weighted by Crippen LogP contribution is -2.31. The lowest BCUT2D eigenvalue weighted by atomic mass is 10.3. The Balaban J connectivity index is 1.33. The van der Waals surface area contributed by atoms with Gasteiger partial charge in [-0.25, -0.2) is 0 Å². The number of carbonyl (C=O) groups is 2. The zero-order valence-corrected chi connectivity index (χ0v) is 16.3. The van der Waals surface area contributed by atoms with Crippen molar-refractivity contribution >= 4 is 23.2 Å². The summed E-state index contributed by atoms with van der Waals surface area (Å²) < 4.78 is 5.53. The van der Waals surface area contributed by atoms with Crippen molar-refractivity contribution in [2.24, 2.45) is 0 Å². The topological polar surface area (TPSA) is 61.9 Å². The predicted octanol–water partition coefficient (Wildman–Crippen LogP) is 2.83. The number of anilines is 2. The van der Waals surface area contributed by atoms with Gasteiger partial charge in [0.1, 0.15) is 5.75 Å². The van der Waals surface area contributed by atoms with Crippen molar-refractivity contribution in [3.8, 4) is 5.75 Å². The van der Waals surface area contributed by atoms with E-state index >= 15 is 0 Å². The SMILES string of the molecule is CN(CCCNC(=O)COc1ccc(N2CCCC2=O)cc1)c1ccccc1. The van der Waals surface area contributed by atoms with Crippen LogP contribution in [0.2, 0.25) is 0 Å². The molecule has 2 amide bonds. The highest BCUT2D eigenvalue weighted by molar-refractivity contribution is 5.95. The Morgan fingerprint density at radius 2 is 1.89 bits per heavy atom. The first-order valence-corrected chi connectivity index (χ1v) is 9.69. The van der Waals surface area contributed by atoms with E-state index in [0.29, 0.717) is 18.7 Å². The number of ether oxygens (including phenoxy) is 1. The molecule has 6 nitrogen and oxygen atoms in total. The fourth-order valence-electron chi connectivity index (χ4n) is 3.20. The molecule has 0 aliphatic carbocycles. The third kappa shape index (κ3) is 5.49. The first-order chi connectivity index (χ1) is 13.6. The average Bonchev–Trinajstić information content (AvgIpc) is 3.16. The summed E-state index contributed by atoms with van der Waals surface area (Å²) in [6.07, 6.45) is 2.37. The Bertz CT molecular complexity index is 777. The molecule has 28 heavy (non-hydrogen) atoms. The maximum absolute atomic E-state index is 11.9. The van der Waals surface area contributed by atoms with Gasteiger partial charge in [0, 0.05) is 44.5 Å². The van der Waals surface area contributed by atoms with E-state index < -0.39 is 0 Å². The summed E-state index contributed by atoms with van der Waals surface area (Å²) in [6, 6.07) is 17.5. The normalized spacial score (nSPS) is 13.5. The zero-order valence-electron chi connectivity index (χ0n) is 16.3. The van der Waals surface area contributed by atoms with Crippen LogP contribution in [0.1, 0.15) is 19.3 Å². The summed E-state index contributed by atoms with van der Waals surface area (Å²) in [5.74, 6) is 0.640. The minimum atomic E-state index is -0.138. The van der Waals surface area contributed by atoms with Gasteiger partial charge < -0.3 is 19.9 Å². The molecule has 2 aromatic carbocycles. The van der Waals surface area contributed by atoms with Gasteiger partial charge in [-0.05, 0) is 49.2 Å². The number of rotatable bonds is 9. The molecular weight excluding hydrogens is 354 g/mol. The fourth-order valence-corrected chi connectivity index (χ4v) is 3.20. The van der Waals surface area contributed by atoms with Crippen LogP contribution in [-0.2, 0) is 9.59 Å². The third-order valence-electron chi connectivity index (χ3n) is 4.78. The van der Waals surface area contributed by atoms with Gasteiger partial charge in [-0.2, -0.15) is 0 Å². The molecule has 1 heterocycles. The number of nitrogens with zero attached hydrogens (tertiary/aromatic N) is 2. The molecule has 0 atom stereocenters. The van der Waals surface area contributed by atoms with Gasteiger partial charge in [0.2, 0.25) is 5.91 Å². The summed E-state index contributed by atoms with van der Waals surface area (Å²) >= 11 is 0. The molecule has 1 aliphatic heterocycles. The van der Waals surface area contributed by atoms with Crippen molar-refractivity contribution in [3.05, 3.63) is 54.6 Å². The second kappa shape index (κ2) is 9.78. The van der Waals surface area contributed by atoms with Crippen molar-refractivity contribution in [1.29, 1.82) is 0 Å². The van der Waals surface area contributed by atoms with Gasteiger partial charge in [-0.3, -0.25) is 9.59 Å². The molecule has 0 radical (unpaired) electrons. The van der Waals surface area contributed by atoms with E-state index in [1.54, 1.807) is 17.0 Å². The number of hydrogen-bond acceptors (Lipinski definition) is 4. The molecule has 1 fully saturated rings. The van der Waals surface area contributed by atoms with Crippen molar-refractivity contribution < 1.29 is 14.3 Å². The highest BCUT2D eigenvalue weighted by Crippen LogP contribution is 2.23. The molecule has 0 aromatic heterocycles. The molecule has 0 spiro atoms. The van der Waals surface area contributed by atoms with Crippen LogP contribution in [0.25, 0.3) is 0 Å². The lowest BCUT2D eigenvalue weighted by Gasteiger charge is -2.19. The van der Waals surface area contributed by atoms with Gasteiger partial charge >= 0.3 is 0 Å². The van der Waals surface area contributed by atoms with Crippen LogP contribution in [0.3, 0.4) is 0 Å². The van der Waals surface area contributed by atoms with Gasteiger partial charge in [-0.15, -0.1) is 0 Å². The number of benzene rings is 2. The largest absolute Gasteiger partial charge is 0.484 e. The molecule has 1 aliphatic rings. The van der Waals surface area contributed by atoms with Crippen LogP contribution in [0.15, 0.2) is 54.6 Å². The molecule has 6 heteroatoms. The molecule has 0 bridgehead atoms. The summed E-state index contributed by atoms with van der Waals surface area (Å²) in [4.78, 5) is 27.7. The first kappa shape index (κ1) is 19.7. The van der Waals surface area contributed by atoms with Gasteiger partial charge in [0.25, 0.3) is 5.91 Å². The van der Waals surface area contributed by atoms with Crippen LogP contribution < -0.4 is 19.9 Å². The van der Waals surface area contributed by atoms with Crippen molar-refractivity contribution in [3.63, 3.8) is 0 Å². The highest BCUT2D eigenvalue weighted by Gasteiger charge is 2.21. The molecular formula is C22H27N3O3. The van der Waals surface area contributed by atoms with Crippen molar-refractivity contribution in [2.45, 2.75) is 19.3 Å². The second-order valence-electron chi connectivity index (χ2n) is 6.89. The average molecular weight is 381 g/mol. The molecule has 1 N–H and O–H groups in total. The van der Waals surface area contributed by atoms with E-state index in [4.69, 9.17) is 4.74 Å². The minimum absolute atomic E-state index is 0.0173. The Morgan fingerprint density at radius 1 is 1.14 bits per heavy atom. The van der Waals surface area contributed by atoms with Crippen molar-refractivity contribution in [1.82, 2.24) is 5.32 Å². The zero-order chi connectivity index (χ0) is 19.8. The molecule has 2 aromatic rings. The molecule has 0 saturated carbocycles. The van der Waals surface area contributed by atoms with Crippen LogP contribution in [-0.4, -0.2) is 45.1 Å². The Morgan fingerprint density at radius 3 is 2.57 bits per heavy atom. The molecule has 3 rings (SSSR count). The van der Waals surface area contributed by atoms with Crippen LogP contribution in [0.5, 0.6) is 5.75 Å². The van der Waals surface area contributed by atoms with Crippen LogP contribution in [0.4, 0.5) is 11.4 Å². The Hall–Kier alpha value is -3.02. The maximum atomic E-state index is 11.9. The quantitative estimate of drug-likeness (QED) is 0.679. The number of amides is 2. The number of carbonyl (C=O) groups excluding carboxylic acids is 2. The number of nitrogens with one attached hydrogen (secondary N) is 1. The van der Waals surface area contributed by atoms with Crippen molar-refractivity contribution in [2.75, 3.05) is 43.1 Å². The summed E-state index contributed by atoms with van der Waals surface area (Å²) in [5.41, 5.74) is 2.04. The standard InChI is InChI=1S/C22H27N3O3/c1-24(18-7-3-2-4-8-18)15-6-14-23-21(26)17-28-20-12-10-19(11-13-20)25-16-5-9-22(25)27/h2-4,7-8,10-13H,5-6,9,14-17H2,1H3,(H,23,26). The van der Waals surface area contributed by atoms with E-state index in [1.165, 1.54) is 0 Å². The minimum Gasteiger partial charge on any atom is -0.484 e. The van der Waals surface area contributed by atoms with Crippen LogP contribution >= 0.6 is 0 Å². The molecule has 0 unspecified atom stereocenters. The Labute approximate surface area is 166 Å². The monoisotopic (exact) mass is 381 g/mol. The fraction of sp³-hybridized carbons (Fsp3) is 0.364. The van der Waals surface area contributed by atoms with E-state index in [9.17, 15) is 9.59 Å². The maximum Gasteiger partial charge on any atom is 0.257 e. The van der Waals surface area contributed by atoms with E-state index in [-0.39, 0.29) is 18.4 Å². The van der Waals surface area contributed by atoms with Gasteiger partial charge in [0.05, 0.1) is 0 Å². The highest BCUT2D eigenvalue weighted by atomic mass is 16.5. The Kier molecular flexibility index (Phi) is 6.89. The number of hydrogen-bond donors (Lipinski definition) is 1.